The summed E-state index contributed by atoms with van der Waals surface area (Å²) in [4.78, 5) is 18.1. The molecule has 2 aromatic carbocycles. The second-order valence-corrected chi connectivity index (χ2v) is 8.57. The number of carbonyl (C=O) groups is 1. The van der Waals surface area contributed by atoms with Crippen LogP contribution >= 0.6 is 23.2 Å². The van der Waals surface area contributed by atoms with E-state index in [0.717, 1.165) is 29.8 Å². The Bertz CT molecular complexity index is 1030. The molecule has 2 aromatic rings. The number of halogens is 2. The number of rotatable bonds is 5. The van der Waals surface area contributed by atoms with E-state index < -0.39 is 5.97 Å². The largest absolute Gasteiger partial charge is 0.478 e. The predicted octanol–water partition coefficient (Wildman–Crippen LogP) is 6.85. The topological polar surface area (TPSA) is 52.9 Å². The van der Waals surface area contributed by atoms with Crippen molar-refractivity contribution in [2.75, 3.05) is 11.4 Å². The van der Waals surface area contributed by atoms with Crippen molar-refractivity contribution in [3.05, 3.63) is 63.1 Å². The number of hydrogen-bond donors (Lipinski definition) is 1. The number of allylic oxidation sites excluding steroid dienone is 1. The number of fused-ring (bicyclic) bond motifs is 1. The van der Waals surface area contributed by atoms with Gasteiger partial charge in [0.15, 0.2) is 0 Å². The summed E-state index contributed by atoms with van der Waals surface area (Å²) >= 11 is 12.5. The Morgan fingerprint density at radius 1 is 1.21 bits per heavy atom. The molecule has 0 aliphatic carbocycles. The molecule has 152 valence electrons. The minimum atomic E-state index is -1.08. The molecule has 29 heavy (non-hydrogen) atoms. The molecule has 1 N–H and O–H groups in total. The van der Waals surface area contributed by atoms with Gasteiger partial charge in [0.1, 0.15) is 0 Å². The van der Waals surface area contributed by atoms with Crippen molar-refractivity contribution in [3.8, 4) is 0 Å². The lowest BCUT2D eigenvalue weighted by Crippen LogP contribution is -2.45. The summed E-state index contributed by atoms with van der Waals surface area (Å²) in [6.07, 6.45) is 4.98. The molecule has 1 heterocycles. The summed E-state index contributed by atoms with van der Waals surface area (Å²) in [6.45, 7) is 9.63. The van der Waals surface area contributed by atoms with Crippen LogP contribution in [-0.4, -0.2) is 29.4 Å². The number of aromatic carboxylic acids is 1. The van der Waals surface area contributed by atoms with Crippen LogP contribution in [0.15, 0.2) is 41.4 Å². The highest BCUT2D eigenvalue weighted by Crippen LogP contribution is 2.41. The highest BCUT2D eigenvalue weighted by Gasteiger charge is 2.31. The van der Waals surface area contributed by atoms with Crippen LogP contribution in [-0.2, 0) is 0 Å². The third kappa shape index (κ3) is 4.34. The zero-order chi connectivity index (χ0) is 21.3. The Balaban J connectivity index is 2.01. The first kappa shape index (κ1) is 21.4. The number of anilines is 1. The smallest absolute Gasteiger partial charge is 0.337 e. The Morgan fingerprint density at radius 2 is 1.93 bits per heavy atom. The zero-order valence-electron chi connectivity index (χ0n) is 17.0. The number of aliphatic imine (C=N–C) groups is 1. The molecular weight excluding hydrogens is 407 g/mol. The van der Waals surface area contributed by atoms with Crippen molar-refractivity contribution in [1.82, 2.24) is 0 Å². The van der Waals surface area contributed by atoms with Gasteiger partial charge >= 0.3 is 5.97 Å². The van der Waals surface area contributed by atoms with Crippen molar-refractivity contribution in [2.24, 2.45) is 4.99 Å². The summed E-state index contributed by atoms with van der Waals surface area (Å²) < 4.78 is 0. The first-order chi connectivity index (χ1) is 13.6. The van der Waals surface area contributed by atoms with Gasteiger partial charge in [-0.15, -0.1) is 0 Å². The van der Waals surface area contributed by atoms with Crippen LogP contribution in [0.25, 0.3) is 5.57 Å². The molecule has 0 bridgehead atoms. The fraction of sp³-hybridized carbons (Fsp3) is 0.304. The second-order valence-electron chi connectivity index (χ2n) is 7.75. The monoisotopic (exact) mass is 430 g/mol. The molecule has 1 aliphatic rings. The molecule has 0 atom stereocenters. The Hall–Kier alpha value is -2.30. The van der Waals surface area contributed by atoms with Crippen LogP contribution in [0, 0.1) is 0 Å². The fourth-order valence-electron chi connectivity index (χ4n) is 3.75. The van der Waals surface area contributed by atoms with Gasteiger partial charge in [-0.05, 0) is 63.1 Å². The van der Waals surface area contributed by atoms with Crippen molar-refractivity contribution in [1.29, 1.82) is 0 Å². The van der Waals surface area contributed by atoms with Crippen LogP contribution in [0.3, 0.4) is 0 Å². The Morgan fingerprint density at radius 3 is 2.59 bits per heavy atom. The van der Waals surface area contributed by atoms with Gasteiger partial charge in [0.25, 0.3) is 0 Å². The molecule has 0 saturated carbocycles. The van der Waals surface area contributed by atoms with Crippen LogP contribution in [0.5, 0.6) is 0 Å². The van der Waals surface area contributed by atoms with E-state index in [1.165, 1.54) is 17.7 Å². The van der Waals surface area contributed by atoms with Crippen LogP contribution < -0.4 is 4.90 Å². The lowest BCUT2D eigenvalue weighted by molar-refractivity contribution is 0.0697. The average molecular weight is 431 g/mol. The summed E-state index contributed by atoms with van der Waals surface area (Å²) in [6, 6.07) is 8.69. The van der Waals surface area contributed by atoms with Gasteiger partial charge in [-0.1, -0.05) is 36.2 Å². The van der Waals surface area contributed by atoms with Crippen molar-refractivity contribution in [3.63, 3.8) is 0 Å². The number of hydrogen-bond acceptors (Lipinski definition) is 3. The van der Waals surface area contributed by atoms with Crippen molar-refractivity contribution < 1.29 is 9.90 Å². The fourth-order valence-corrected chi connectivity index (χ4v) is 4.15. The lowest BCUT2D eigenvalue weighted by Gasteiger charge is -2.43. The third-order valence-corrected chi connectivity index (χ3v) is 5.73. The Kier molecular flexibility index (Phi) is 6.06. The van der Waals surface area contributed by atoms with Gasteiger partial charge in [-0.3, -0.25) is 4.99 Å². The SMILES string of the molecule is CCCN1c2cc(Cl)c(C=Nc3ccc(Cl)c(C(=O)O)c3)cc2C(C)=CC1(C)C. The molecule has 0 radical (unpaired) electrons. The summed E-state index contributed by atoms with van der Waals surface area (Å²) in [5.74, 6) is -1.08. The molecule has 0 unspecified atom stereocenters. The van der Waals surface area contributed by atoms with Crippen molar-refractivity contribution >= 4 is 52.3 Å². The summed E-state index contributed by atoms with van der Waals surface area (Å²) in [5, 5.41) is 10.0. The number of benzene rings is 2. The summed E-state index contributed by atoms with van der Waals surface area (Å²) in [5.41, 5.74) is 4.67. The average Bonchev–Trinajstić information content (AvgIpc) is 2.64. The summed E-state index contributed by atoms with van der Waals surface area (Å²) in [7, 11) is 0. The second kappa shape index (κ2) is 8.21. The van der Waals surface area contributed by atoms with E-state index in [4.69, 9.17) is 23.2 Å². The molecule has 0 aromatic heterocycles. The van der Waals surface area contributed by atoms with Crippen LogP contribution in [0.4, 0.5) is 11.4 Å². The molecule has 0 saturated heterocycles. The molecule has 1 aliphatic heterocycles. The number of carboxylic acid groups (broad SMARTS) is 1. The van der Waals surface area contributed by atoms with Gasteiger partial charge < -0.3 is 10.0 Å². The van der Waals surface area contributed by atoms with E-state index in [1.54, 1.807) is 12.3 Å². The molecule has 0 spiro atoms. The molecular formula is C23H24Cl2N2O2. The molecule has 3 rings (SSSR count). The van der Waals surface area contributed by atoms with E-state index in [9.17, 15) is 9.90 Å². The van der Waals surface area contributed by atoms with Gasteiger partial charge in [0.05, 0.1) is 26.8 Å². The van der Waals surface area contributed by atoms with Gasteiger partial charge in [0.2, 0.25) is 0 Å². The van der Waals surface area contributed by atoms with Gasteiger partial charge in [0, 0.05) is 29.6 Å². The van der Waals surface area contributed by atoms with E-state index in [2.05, 4.69) is 43.7 Å². The first-order valence-corrected chi connectivity index (χ1v) is 10.3. The van der Waals surface area contributed by atoms with E-state index in [0.29, 0.717) is 10.7 Å². The molecule has 0 amide bonds. The van der Waals surface area contributed by atoms with Gasteiger partial charge in [-0.25, -0.2) is 4.79 Å². The van der Waals surface area contributed by atoms with Crippen molar-refractivity contribution in [2.45, 2.75) is 39.7 Å². The normalized spacial score (nSPS) is 15.4. The van der Waals surface area contributed by atoms with Crippen LogP contribution in [0.1, 0.15) is 55.6 Å². The third-order valence-electron chi connectivity index (χ3n) is 5.08. The zero-order valence-corrected chi connectivity index (χ0v) is 18.5. The standard InChI is InChI=1S/C23H24Cl2N2O2/c1-5-8-27-21-11-20(25)15(9-17(21)14(2)12-23(27,3)4)13-26-16-6-7-19(24)18(10-16)22(28)29/h6-7,9-13H,5,8H2,1-4H3,(H,28,29). The maximum atomic E-state index is 11.3. The van der Waals surface area contributed by atoms with E-state index in [1.807, 2.05) is 12.1 Å². The maximum absolute atomic E-state index is 11.3. The molecule has 6 heteroatoms. The highest BCUT2D eigenvalue weighted by atomic mass is 35.5. The van der Waals surface area contributed by atoms with E-state index in [-0.39, 0.29) is 16.1 Å². The Labute approximate surface area is 181 Å². The lowest BCUT2D eigenvalue weighted by atomic mass is 9.88. The van der Waals surface area contributed by atoms with E-state index >= 15 is 0 Å². The molecule has 0 fully saturated rings. The maximum Gasteiger partial charge on any atom is 0.337 e. The highest BCUT2D eigenvalue weighted by molar-refractivity contribution is 6.34. The van der Waals surface area contributed by atoms with Gasteiger partial charge in [-0.2, -0.15) is 0 Å². The number of carboxylic acids is 1. The molecule has 4 nitrogen and oxygen atoms in total. The number of nitrogens with zero attached hydrogens (tertiary/aromatic N) is 2. The predicted molar refractivity (Wildman–Crippen MR) is 122 cm³/mol. The minimum Gasteiger partial charge on any atom is -0.478 e. The quantitative estimate of drug-likeness (QED) is 0.527. The van der Waals surface area contributed by atoms with Crippen LogP contribution in [0.2, 0.25) is 10.0 Å². The minimum absolute atomic E-state index is 0.0223. The first-order valence-electron chi connectivity index (χ1n) is 9.52.